The summed E-state index contributed by atoms with van der Waals surface area (Å²) < 4.78 is 53.4. The highest BCUT2D eigenvalue weighted by atomic mass is 19.4. The van der Waals surface area contributed by atoms with Crippen molar-refractivity contribution in [1.29, 1.82) is 0 Å². The lowest BCUT2D eigenvalue weighted by atomic mass is 10.1. The summed E-state index contributed by atoms with van der Waals surface area (Å²) in [7, 11) is 1.23. The molecule has 1 atom stereocenters. The lowest BCUT2D eigenvalue weighted by Crippen LogP contribution is -2.45. The fourth-order valence-corrected chi connectivity index (χ4v) is 2.70. The van der Waals surface area contributed by atoms with Crippen LogP contribution in [0.3, 0.4) is 0 Å². The fraction of sp³-hybridized carbons (Fsp3) is 0.391. The minimum atomic E-state index is -4.38. The number of nitrogens with one attached hydrogen (secondary N) is 1. The van der Waals surface area contributed by atoms with Gasteiger partial charge in [0.1, 0.15) is 24.0 Å². The third-order valence-corrected chi connectivity index (χ3v) is 4.23. The molecule has 0 aliphatic heterocycles. The Hall–Kier alpha value is -3.23. The molecule has 2 aromatic carbocycles. The molecule has 0 spiro atoms. The summed E-state index contributed by atoms with van der Waals surface area (Å²) in [6, 6.07) is 10.6. The van der Waals surface area contributed by atoms with Gasteiger partial charge in [-0.1, -0.05) is 24.3 Å². The summed E-state index contributed by atoms with van der Waals surface area (Å²) in [6.45, 7) is 5.23. The Kier molecular flexibility index (Phi) is 8.13. The summed E-state index contributed by atoms with van der Waals surface area (Å²) in [5.74, 6) is -0.109. The first-order chi connectivity index (χ1) is 14.9. The van der Waals surface area contributed by atoms with Crippen LogP contribution in [-0.4, -0.2) is 30.8 Å². The Morgan fingerprint density at radius 3 is 2.00 bits per heavy atom. The van der Waals surface area contributed by atoms with Gasteiger partial charge in [-0.2, -0.15) is 13.2 Å². The van der Waals surface area contributed by atoms with Gasteiger partial charge in [0.05, 0.1) is 12.7 Å². The second kappa shape index (κ2) is 10.4. The van der Waals surface area contributed by atoms with Crippen LogP contribution in [-0.2, 0) is 33.5 Å². The maximum absolute atomic E-state index is 12.6. The van der Waals surface area contributed by atoms with Gasteiger partial charge < -0.3 is 19.5 Å². The van der Waals surface area contributed by atoms with Crippen LogP contribution in [0, 0.1) is 0 Å². The third kappa shape index (κ3) is 8.13. The molecule has 0 saturated heterocycles. The smallest absolute Gasteiger partial charge is 0.416 e. The fourth-order valence-electron chi connectivity index (χ4n) is 2.70. The van der Waals surface area contributed by atoms with E-state index in [9.17, 15) is 22.8 Å². The van der Waals surface area contributed by atoms with Gasteiger partial charge in [-0.05, 0) is 56.2 Å². The van der Waals surface area contributed by atoms with Crippen LogP contribution < -0.4 is 10.1 Å². The number of carbonyl (C=O) groups excluding carboxylic acids is 2. The van der Waals surface area contributed by atoms with Crippen LogP contribution in [0.5, 0.6) is 5.75 Å². The molecular formula is C23H26F3NO5. The zero-order valence-electron chi connectivity index (χ0n) is 18.3. The van der Waals surface area contributed by atoms with Crippen LogP contribution in [0.2, 0.25) is 0 Å². The van der Waals surface area contributed by atoms with Crippen molar-refractivity contribution >= 4 is 12.1 Å². The molecule has 0 aromatic heterocycles. The predicted molar refractivity (Wildman–Crippen MR) is 111 cm³/mol. The maximum atomic E-state index is 12.6. The number of hydrogen-bond acceptors (Lipinski definition) is 5. The van der Waals surface area contributed by atoms with Gasteiger partial charge in [0.2, 0.25) is 0 Å². The van der Waals surface area contributed by atoms with Crippen molar-refractivity contribution in [2.24, 2.45) is 0 Å². The molecule has 2 aromatic rings. The molecule has 2 rings (SSSR count). The molecule has 0 bridgehead atoms. The Morgan fingerprint density at radius 2 is 1.50 bits per heavy atom. The number of esters is 1. The quantitative estimate of drug-likeness (QED) is 0.604. The second-order valence-electron chi connectivity index (χ2n) is 8.05. The standard InChI is InChI=1S/C23H26F3NO5/c1-22(2,3)32-21(29)27-19(20(28)30-4)13-15-7-11-18(12-8-15)31-14-16-5-9-17(10-6-16)23(24,25)26/h5-12,19H,13-14H2,1-4H3,(H,27,29). The predicted octanol–water partition coefficient (Wildman–Crippen LogP) is 4.89. The number of alkyl halides is 3. The molecule has 0 aliphatic carbocycles. The van der Waals surface area contributed by atoms with Crippen molar-refractivity contribution < 1.29 is 37.0 Å². The van der Waals surface area contributed by atoms with E-state index in [1.54, 1.807) is 45.0 Å². The van der Waals surface area contributed by atoms with Crippen molar-refractivity contribution in [3.63, 3.8) is 0 Å². The maximum Gasteiger partial charge on any atom is 0.416 e. The molecular weight excluding hydrogens is 427 g/mol. The van der Waals surface area contributed by atoms with Crippen LogP contribution in [0.4, 0.5) is 18.0 Å². The van der Waals surface area contributed by atoms with E-state index in [1.165, 1.54) is 19.2 Å². The van der Waals surface area contributed by atoms with E-state index in [-0.39, 0.29) is 13.0 Å². The molecule has 174 valence electrons. The van der Waals surface area contributed by atoms with E-state index in [4.69, 9.17) is 14.2 Å². The number of benzene rings is 2. The zero-order chi connectivity index (χ0) is 23.9. The Bertz CT molecular complexity index is 903. The normalized spacial score (nSPS) is 12.6. The van der Waals surface area contributed by atoms with Gasteiger partial charge in [0, 0.05) is 6.42 Å². The number of carbonyl (C=O) groups is 2. The zero-order valence-corrected chi connectivity index (χ0v) is 18.3. The van der Waals surface area contributed by atoms with E-state index in [1.807, 2.05) is 0 Å². The summed E-state index contributed by atoms with van der Waals surface area (Å²) in [4.78, 5) is 24.0. The Labute approximate surface area is 184 Å². The molecule has 0 saturated carbocycles. The second-order valence-corrected chi connectivity index (χ2v) is 8.05. The topological polar surface area (TPSA) is 73.9 Å². The number of ether oxygens (including phenoxy) is 3. The van der Waals surface area contributed by atoms with Gasteiger partial charge in [-0.3, -0.25) is 0 Å². The Balaban J connectivity index is 1.96. The molecule has 0 heterocycles. The van der Waals surface area contributed by atoms with Crippen molar-refractivity contribution in [3.8, 4) is 5.75 Å². The first-order valence-electron chi connectivity index (χ1n) is 9.82. The van der Waals surface area contributed by atoms with Crippen LogP contribution in [0.25, 0.3) is 0 Å². The van der Waals surface area contributed by atoms with E-state index in [2.05, 4.69) is 5.32 Å². The molecule has 0 fully saturated rings. The highest BCUT2D eigenvalue weighted by Crippen LogP contribution is 2.29. The molecule has 32 heavy (non-hydrogen) atoms. The first kappa shape index (κ1) is 25.0. The first-order valence-corrected chi connectivity index (χ1v) is 9.82. The van der Waals surface area contributed by atoms with Crippen LogP contribution in [0.15, 0.2) is 48.5 Å². The van der Waals surface area contributed by atoms with Crippen LogP contribution in [0.1, 0.15) is 37.5 Å². The summed E-state index contributed by atoms with van der Waals surface area (Å²) >= 11 is 0. The molecule has 1 unspecified atom stereocenters. The van der Waals surface area contributed by atoms with E-state index >= 15 is 0 Å². The highest BCUT2D eigenvalue weighted by Gasteiger charge is 2.30. The van der Waals surface area contributed by atoms with Gasteiger partial charge in [0.25, 0.3) is 0 Å². The van der Waals surface area contributed by atoms with Crippen molar-refractivity contribution in [1.82, 2.24) is 5.32 Å². The summed E-state index contributed by atoms with van der Waals surface area (Å²) in [6.07, 6.45) is -4.94. The summed E-state index contributed by atoms with van der Waals surface area (Å²) in [5.41, 5.74) is -0.102. The number of methoxy groups -OCH3 is 1. The number of hydrogen-bond donors (Lipinski definition) is 1. The number of alkyl carbamates (subject to hydrolysis) is 1. The lowest BCUT2D eigenvalue weighted by Gasteiger charge is -2.22. The van der Waals surface area contributed by atoms with Crippen molar-refractivity contribution in [2.45, 2.75) is 51.6 Å². The van der Waals surface area contributed by atoms with Gasteiger partial charge in [-0.15, -0.1) is 0 Å². The van der Waals surface area contributed by atoms with Gasteiger partial charge in [0.15, 0.2) is 0 Å². The molecule has 6 nitrogen and oxygen atoms in total. The van der Waals surface area contributed by atoms with Crippen molar-refractivity contribution in [2.75, 3.05) is 7.11 Å². The molecule has 0 aliphatic rings. The van der Waals surface area contributed by atoms with E-state index < -0.39 is 35.4 Å². The Morgan fingerprint density at radius 1 is 0.938 bits per heavy atom. The average Bonchev–Trinajstić information content (AvgIpc) is 2.70. The van der Waals surface area contributed by atoms with E-state index in [0.717, 1.165) is 17.7 Å². The minimum absolute atomic E-state index is 0.0997. The monoisotopic (exact) mass is 453 g/mol. The van der Waals surface area contributed by atoms with Crippen LogP contribution >= 0.6 is 0 Å². The minimum Gasteiger partial charge on any atom is -0.489 e. The molecule has 1 N–H and O–H groups in total. The largest absolute Gasteiger partial charge is 0.489 e. The number of halogens is 3. The molecule has 1 amide bonds. The molecule has 0 radical (unpaired) electrons. The van der Waals surface area contributed by atoms with E-state index in [0.29, 0.717) is 11.3 Å². The SMILES string of the molecule is COC(=O)C(Cc1ccc(OCc2ccc(C(F)(F)F)cc2)cc1)NC(=O)OC(C)(C)C. The third-order valence-electron chi connectivity index (χ3n) is 4.23. The van der Waals surface area contributed by atoms with Crippen molar-refractivity contribution in [3.05, 3.63) is 65.2 Å². The number of amides is 1. The number of rotatable bonds is 7. The van der Waals surface area contributed by atoms with Gasteiger partial charge >= 0.3 is 18.2 Å². The average molecular weight is 453 g/mol. The molecule has 9 heteroatoms. The van der Waals surface area contributed by atoms with Gasteiger partial charge in [-0.25, -0.2) is 9.59 Å². The highest BCUT2D eigenvalue weighted by molar-refractivity contribution is 5.81. The lowest BCUT2D eigenvalue weighted by molar-refractivity contribution is -0.143. The summed E-state index contributed by atoms with van der Waals surface area (Å²) in [5, 5.41) is 2.50.